The standard InChI is InChI=1S/C20H27N3O3S/c1-5-15-16(13-9-7-6-8-10-13)21-18(27-15)22-17(24)14-11-12-23(14)19(25)26-20(2,3)4/h6-10,14,17,24H,5,11-12H2,1-4H3,(H,21,22)/t14-,17-/m0/s1. The molecule has 1 fully saturated rings. The van der Waals surface area contributed by atoms with Gasteiger partial charge in [0.1, 0.15) is 11.8 Å². The van der Waals surface area contributed by atoms with E-state index in [1.54, 1.807) is 4.90 Å². The van der Waals surface area contributed by atoms with Crippen molar-refractivity contribution in [3.8, 4) is 11.3 Å². The minimum Gasteiger partial charge on any atom is -0.444 e. The van der Waals surface area contributed by atoms with E-state index in [1.165, 1.54) is 11.3 Å². The largest absolute Gasteiger partial charge is 0.444 e. The van der Waals surface area contributed by atoms with E-state index in [1.807, 2.05) is 51.1 Å². The summed E-state index contributed by atoms with van der Waals surface area (Å²) >= 11 is 1.54. The number of carbonyl (C=O) groups excluding carboxylic acids is 1. The van der Waals surface area contributed by atoms with Crippen LogP contribution in [0, 0.1) is 0 Å². The molecule has 6 nitrogen and oxygen atoms in total. The molecule has 3 rings (SSSR count). The Bertz CT molecular complexity index is 786. The number of hydrogen-bond donors (Lipinski definition) is 2. The summed E-state index contributed by atoms with van der Waals surface area (Å²) < 4.78 is 5.41. The van der Waals surface area contributed by atoms with Crippen molar-refractivity contribution in [3.05, 3.63) is 35.2 Å². The normalized spacial score (nSPS) is 18.0. The topological polar surface area (TPSA) is 74.7 Å². The molecule has 1 aliphatic rings. The van der Waals surface area contributed by atoms with Crippen molar-refractivity contribution >= 4 is 22.6 Å². The molecule has 146 valence electrons. The fraction of sp³-hybridized carbons (Fsp3) is 0.500. The monoisotopic (exact) mass is 389 g/mol. The number of aromatic nitrogens is 1. The van der Waals surface area contributed by atoms with Gasteiger partial charge in [0.15, 0.2) is 5.13 Å². The molecule has 1 saturated heterocycles. The maximum absolute atomic E-state index is 12.2. The average Bonchev–Trinajstić information content (AvgIpc) is 2.95. The summed E-state index contributed by atoms with van der Waals surface area (Å²) in [5.41, 5.74) is 1.45. The molecule has 2 N–H and O–H groups in total. The predicted molar refractivity (Wildman–Crippen MR) is 108 cm³/mol. The Hall–Kier alpha value is -2.12. The lowest BCUT2D eigenvalue weighted by Crippen LogP contribution is -2.59. The fourth-order valence-corrected chi connectivity index (χ4v) is 3.93. The van der Waals surface area contributed by atoms with E-state index in [0.717, 1.165) is 29.0 Å². The lowest BCUT2D eigenvalue weighted by molar-refractivity contribution is -0.0334. The molecule has 0 unspecified atom stereocenters. The zero-order valence-electron chi connectivity index (χ0n) is 16.2. The second kappa shape index (κ2) is 7.86. The Balaban J connectivity index is 1.69. The Morgan fingerprint density at radius 1 is 1.41 bits per heavy atom. The number of nitrogens with one attached hydrogen (secondary N) is 1. The summed E-state index contributed by atoms with van der Waals surface area (Å²) in [7, 11) is 0. The number of thiazole rings is 1. The van der Waals surface area contributed by atoms with Crippen LogP contribution in [0.1, 0.15) is 39.0 Å². The summed E-state index contributed by atoms with van der Waals surface area (Å²) in [6, 6.07) is 9.71. The van der Waals surface area contributed by atoms with Crippen molar-refractivity contribution in [2.24, 2.45) is 0 Å². The highest BCUT2D eigenvalue weighted by Gasteiger charge is 2.40. The molecule has 0 bridgehead atoms. The number of aliphatic hydroxyl groups is 1. The molecule has 2 heterocycles. The van der Waals surface area contributed by atoms with E-state index in [9.17, 15) is 9.90 Å². The minimum atomic E-state index is -0.884. The number of amides is 1. The first kappa shape index (κ1) is 19.6. The molecule has 0 saturated carbocycles. The van der Waals surface area contributed by atoms with Crippen molar-refractivity contribution < 1.29 is 14.6 Å². The van der Waals surface area contributed by atoms with Crippen molar-refractivity contribution in [2.45, 2.75) is 58.4 Å². The Morgan fingerprint density at radius 3 is 2.67 bits per heavy atom. The first-order chi connectivity index (χ1) is 12.8. The van der Waals surface area contributed by atoms with E-state index in [2.05, 4.69) is 17.2 Å². The maximum atomic E-state index is 12.2. The summed E-state index contributed by atoms with van der Waals surface area (Å²) in [6.45, 7) is 8.19. The Labute approximate surface area is 164 Å². The van der Waals surface area contributed by atoms with Crippen LogP contribution >= 0.6 is 11.3 Å². The quantitative estimate of drug-likeness (QED) is 0.753. The first-order valence-corrected chi connectivity index (χ1v) is 10.1. The van der Waals surface area contributed by atoms with Gasteiger partial charge in [-0.3, -0.25) is 0 Å². The Morgan fingerprint density at radius 2 is 2.11 bits per heavy atom. The molecule has 2 atom stereocenters. The van der Waals surface area contributed by atoms with E-state index < -0.39 is 17.9 Å². The number of hydrogen-bond acceptors (Lipinski definition) is 6. The second-order valence-electron chi connectivity index (χ2n) is 7.63. The molecule has 1 aromatic heterocycles. The van der Waals surface area contributed by atoms with Crippen LogP contribution < -0.4 is 5.32 Å². The number of ether oxygens (including phenoxy) is 1. The minimum absolute atomic E-state index is 0.311. The highest BCUT2D eigenvalue weighted by atomic mass is 32.1. The lowest BCUT2D eigenvalue weighted by Gasteiger charge is -2.43. The average molecular weight is 390 g/mol. The van der Waals surface area contributed by atoms with Crippen LogP contribution in [0.25, 0.3) is 11.3 Å². The molecule has 1 aromatic carbocycles. The molecule has 27 heavy (non-hydrogen) atoms. The van der Waals surface area contributed by atoms with Crippen LogP contribution in [0.5, 0.6) is 0 Å². The number of aliphatic hydroxyl groups excluding tert-OH is 1. The van der Waals surface area contributed by atoms with Gasteiger partial charge in [0, 0.05) is 17.0 Å². The fourth-order valence-electron chi connectivity index (χ4n) is 2.98. The molecule has 1 aliphatic heterocycles. The van der Waals surface area contributed by atoms with Gasteiger partial charge in [0.05, 0.1) is 11.7 Å². The van der Waals surface area contributed by atoms with Gasteiger partial charge < -0.3 is 20.1 Å². The highest BCUT2D eigenvalue weighted by molar-refractivity contribution is 7.16. The van der Waals surface area contributed by atoms with Crippen LogP contribution in [0.15, 0.2) is 30.3 Å². The number of aryl methyl sites for hydroxylation is 1. The summed E-state index contributed by atoms with van der Waals surface area (Å²) in [5, 5.41) is 14.3. The van der Waals surface area contributed by atoms with E-state index in [0.29, 0.717) is 11.7 Å². The van der Waals surface area contributed by atoms with Gasteiger partial charge >= 0.3 is 6.09 Å². The third-order valence-corrected chi connectivity index (χ3v) is 5.53. The number of anilines is 1. The molecule has 0 spiro atoms. The smallest absolute Gasteiger partial charge is 0.410 e. The van der Waals surface area contributed by atoms with Crippen LogP contribution in [-0.2, 0) is 11.2 Å². The van der Waals surface area contributed by atoms with Gasteiger partial charge in [-0.2, -0.15) is 0 Å². The van der Waals surface area contributed by atoms with Crippen molar-refractivity contribution in [3.63, 3.8) is 0 Å². The molecule has 2 aromatic rings. The SMILES string of the molecule is CCc1sc(N[C@@H](O)[C@@H]2CCN2C(=O)OC(C)(C)C)nc1-c1ccccc1. The molecule has 0 radical (unpaired) electrons. The third kappa shape index (κ3) is 4.59. The van der Waals surface area contributed by atoms with Gasteiger partial charge in [-0.15, -0.1) is 11.3 Å². The first-order valence-electron chi connectivity index (χ1n) is 9.28. The summed E-state index contributed by atoms with van der Waals surface area (Å²) in [6.07, 6.45) is 0.321. The summed E-state index contributed by atoms with van der Waals surface area (Å²) in [5.74, 6) is 0. The zero-order valence-corrected chi connectivity index (χ0v) is 17.0. The lowest BCUT2D eigenvalue weighted by atomic mass is 10.0. The highest BCUT2D eigenvalue weighted by Crippen LogP contribution is 2.33. The molecular formula is C20H27N3O3S. The third-order valence-electron chi connectivity index (χ3n) is 4.40. The van der Waals surface area contributed by atoms with Gasteiger partial charge in [-0.1, -0.05) is 37.3 Å². The Kier molecular flexibility index (Phi) is 5.72. The number of carbonyl (C=O) groups is 1. The summed E-state index contributed by atoms with van der Waals surface area (Å²) in [4.78, 5) is 19.6. The van der Waals surface area contributed by atoms with Crippen molar-refractivity contribution in [2.75, 3.05) is 11.9 Å². The van der Waals surface area contributed by atoms with Gasteiger partial charge in [-0.25, -0.2) is 9.78 Å². The molecule has 0 aliphatic carbocycles. The molecule has 1 amide bonds. The van der Waals surface area contributed by atoms with E-state index >= 15 is 0 Å². The number of benzene rings is 1. The predicted octanol–water partition coefficient (Wildman–Crippen LogP) is 4.11. The van der Waals surface area contributed by atoms with E-state index in [4.69, 9.17) is 4.74 Å². The van der Waals surface area contributed by atoms with Gasteiger partial charge in [0.2, 0.25) is 0 Å². The van der Waals surface area contributed by atoms with Gasteiger partial charge in [-0.05, 0) is 33.6 Å². The molecular weight excluding hydrogens is 362 g/mol. The molecule has 7 heteroatoms. The van der Waals surface area contributed by atoms with Crippen molar-refractivity contribution in [1.29, 1.82) is 0 Å². The number of rotatable bonds is 5. The van der Waals surface area contributed by atoms with Crippen LogP contribution in [0.3, 0.4) is 0 Å². The van der Waals surface area contributed by atoms with Crippen molar-refractivity contribution in [1.82, 2.24) is 9.88 Å². The van der Waals surface area contributed by atoms with Crippen LogP contribution in [-0.4, -0.2) is 45.5 Å². The maximum Gasteiger partial charge on any atom is 0.410 e. The van der Waals surface area contributed by atoms with Gasteiger partial charge in [0.25, 0.3) is 0 Å². The van der Waals surface area contributed by atoms with E-state index in [-0.39, 0.29) is 6.04 Å². The van der Waals surface area contributed by atoms with Crippen LogP contribution in [0.2, 0.25) is 0 Å². The second-order valence-corrected chi connectivity index (χ2v) is 8.71. The zero-order chi connectivity index (χ0) is 19.6. The van der Waals surface area contributed by atoms with Crippen LogP contribution in [0.4, 0.5) is 9.93 Å². The number of nitrogens with zero attached hydrogens (tertiary/aromatic N) is 2. The number of likely N-dealkylation sites (tertiary alicyclic amines) is 1.